The van der Waals surface area contributed by atoms with Crippen molar-refractivity contribution in [3.8, 4) is 28.3 Å². The molecule has 0 fully saturated rings. The molecule has 0 aliphatic carbocycles. The summed E-state index contributed by atoms with van der Waals surface area (Å²) in [6.45, 7) is 5.30. The Kier molecular flexibility index (Phi) is 7.92. The van der Waals surface area contributed by atoms with Gasteiger partial charge in [0.15, 0.2) is 18.2 Å². The van der Waals surface area contributed by atoms with E-state index in [1.165, 1.54) is 0 Å². The molecule has 1 unspecified atom stereocenters. The molecule has 1 N–H and O–H groups in total. The van der Waals surface area contributed by atoms with Gasteiger partial charge in [0.25, 0.3) is 0 Å². The van der Waals surface area contributed by atoms with Gasteiger partial charge in [0.05, 0.1) is 22.8 Å². The first-order valence-corrected chi connectivity index (χ1v) is 16.7. The largest absolute Gasteiger partial charge is 0.482 e. The third kappa shape index (κ3) is 6.48. The summed E-state index contributed by atoms with van der Waals surface area (Å²) in [7, 11) is 0. The number of nitrogens with zero attached hydrogens (tertiary/aromatic N) is 4. The predicted octanol–water partition coefficient (Wildman–Crippen LogP) is 7.48. The van der Waals surface area contributed by atoms with Gasteiger partial charge in [-0.25, -0.2) is 19.2 Å². The molecule has 0 bridgehead atoms. The Labute approximate surface area is 239 Å². The molecule has 0 amide bonds. The number of esters is 1. The molecule has 38 heavy (non-hydrogen) atoms. The fourth-order valence-corrected chi connectivity index (χ4v) is 5.57. The van der Waals surface area contributed by atoms with Crippen LogP contribution >= 0.6 is 39.8 Å². The number of anilines is 2. The van der Waals surface area contributed by atoms with Crippen LogP contribution in [0.1, 0.15) is 20.8 Å². The summed E-state index contributed by atoms with van der Waals surface area (Å²) in [5.74, 6) is 1.41. The molecular formula is C27H25IN5O3PS. The molecule has 0 saturated carbocycles. The van der Waals surface area contributed by atoms with Crippen molar-refractivity contribution in [1.29, 1.82) is 0 Å². The lowest BCUT2D eigenvalue weighted by atomic mass is 10.1. The summed E-state index contributed by atoms with van der Waals surface area (Å²) in [5.41, 5.74) is 4.18. The summed E-state index contributed by atoms with van der Waals surface area (Å²) in [4.78, 5) is 21.7. The molecular weight excluding hydrogens is 632 g/mol. The Bertz CT molecular complexity index is 1580. The zero-order valence-electron chi connectivity index (χ0n) is 20.9. The first-order valence-electron chi connectivity index (χ1n) is 11.8. The fraction of sp³-hybridized carbons (Fsp3) is 0.185. The first-order chi connectivity index (χ1) is 18.3. The van der Waals surface area contributed by atoms with Gasteiger partial charge >= 0.3 is 5.97 Å². The number of rotatable bonds is 8. The number of hydrogen-bond donors (Lipinski definition) is 1. The third-order valence-electron chi connectivity index (χ3n) is 5.32. The van der Waals surface area contributed by atoms with Crippen LogP contribution < -0.4 is 10.1 Å². The normalized spacial score (nSPS) is 11.8. The molecule has 194 valence electrons. The van der Waals surface area contributed by atoms with E-state index in [0.717, 1.165) is 38.4 Å². The number of carbonyl (C=O) groups excluding carboxylic acids is 1. The van der Waals surface area contributed by atoms with Gasteiger partial charge in [-0.3, -0.25) is 0 Å². The van der Waals surface area contributed by atoms with Crippen molar-refractivity contribution in [3.05, 3.63) is 72.4 Å². The lowest BCUT2D eigenvalue weighted by Gasteiger charge is -2.19. The molecule has 1 atom stereocenters. The highest BCUT2D eigenvalue weighted by Gasteiger charge is 2.17. The van der Waals surface area contributed by atoms with Crippen molar-refractivity contribution in [2.24, 2.45) is 0 Å². The van der Waals surface area contributed by atoms with E-state index in [1.54, 1.807) is 17.4 Å². The van der Waals surface area contributed by atoms with Gasteiger partial charge in [-0.15, -0.1) is 11.3 Å². The van der Waals surface area contributed by atoms with Crippen LogP contribution in [-0.4, -0.2) is 37.7 Å². The average molecular weight is 657 g/mol. The molecule has 8 nitrogen and oxygen atoms in total. The number of aromatic nitrogens is 4. The smallest absolute Gasteiger partial charge is 0.344 e. The second-order valence-corrected chi connectivity index (χ2v) is 12.4. The van der Waals surface area contributed by atoms with E-state index in [4.69, 9.17) is 19.4 Å². The molecule has 3 aromatic heterocycles. The van der Waals surface area contributed by atoms with Gasteiger partial charge in [-0.1, -0.05) is 24.3 Å². The predicted molar refractivity (Wildman–Crippen MR) is 163 cm³/mol. The summed E-state index contributed by atoms with van der Waals surface area (Å²) in [6.07, 6.45) is 4.50. The number of hydrogen-bond acceptors (Lipinski definition) is 8. The van der Waals surface area contributed by atoms with Gasteiger partial charge < -0.3 is 14.8 Å². The fourth-order valence-electron chi connectivity index (χ4n) is 3.72. The molecule has 0 radical (unpaired) electrons. The maximum Gasteiger partial charge on any atom is 0.344 e. The molecule has 5 aromatic rings. The number of thiophene rings is 1. The number of benzene rings is 2. The van der Waals surface area contributed by atoms with Crippen molar-refractivity contribution >= 4 is 67.4 Å². The van der Waals surface area contributed by atoms with Gasteiger partial charge in [-0.2, -0.15) is 5.10 Å². The summed E-state index contributed by atoms with van der Waals surface area (Å²) >= 11 is 3.90. The van der Waals surface area contributed by atoms with Crippen LogP contribution in [0.25, 0.3) is 32.7 Å². The molecule has 0 spiro atoms. The zero-order chi connectivity index (χ0) is 26.7. The Morgan fingerprint density at radius 2 is 1.89 bits per heavy atom. The average Bonchev–Trinajstić information content (AvgIpc) is 3.57. The highest BCUT2D eigenvalue weighted by atomic mass is 127. The minimum absolute atomic E-state index is 0.173. The topological polar surface area (TPSA) is 91.2 Å². The van der Waals surface area contributed by atoms with Crippen molar-refractivity contribution < 1.29 is 14.3 Å². The molecule has 0 aliphatic heterocycles. The third-order valence-corrected chi connectivity index (χ3v) is 8.13. The van der Waals surface area contributed by atoms with E-state index in [0.29, 0.717) is 17.9 Å². The van der Waals surface area contributed by atoms with Crippen LogP contribution in [0.15, 0.2) is 72.4 Å². The number of carbonyl (C=O) groups is 1. The lowest BCUT2D eigenvalue weighted by Crippen LogP contribution is -2.27. The Balaban J connectivity index is 1.36. The highest BCUT2D eigenvalue weighted by molar-refractivity contribution is 14.2. The second-order valence-electron chi connectivity index (χ2n) is 9.39. The van der Waals surface area contributed by atoms with Crippen LogP contribution in [0.4, 0.5) is 11.5 Å². The lowest BCUT2D eigenvalue weighted by molar-refractivity contribution is -0.157. The van der Waals surface area contributed by atoms with Gasteiger partial charge in [0.2, 0.25) is 0 Å². The van der Waals surface area contributed by atoms with Crippen LogP contribution in [-0.2, 0) is 9.53 Å². The van der Waals surface area contributed by atoms with Crippen molar-refractivity contribution in [2.45, 2.75) is 26.4 Å². The zero-order valence-corrected chi connectivity index (χ0v) is 24.9. The monoisotopic (exact) mass is 657 g/mol. The van der Waals surface area contributed by atoms with Crippen LogP contribution in [0.3, 0.4) is 0 Å². The van der Waals surface area contributed by atoms with E-state index in [2.05, 4.69) is 44.6 Å². The molecule has 0 aliphatic rings. The Hall–Kier alpha value is -3.08. The van der Waals surface area contributed by atoms with E-state index < -0.39 is 11.6 Å². The number of halogens is 1. The quantitative estimate of drug-likeness (QED) is 0.105. The summed E-state index contributed by atoms with van der Waals surface area (Å²) in [6, 6.07) is 17.6. The van der Waals surface area contributed by atoms with E-state index in [1.807, 2.05) is 79.4 Å². The molecule has 3 heterocycles. The molecule has 5 rings (SSSR count). The maximum atomic E-state index is 12.1. The van der Waals surface area contributed by atoms with Crippen molar-refractivity contribution in [2.75, 3.05) is 11.9 Å². The van der Waals surface area contributed by atoms with Gasteiger partial charge in [0, 0.05) is 23.0 Å². The SMILES string of the molecule is CC(C)(C)OC(=O)COc1cccc(-c2nc(Nc3ccc(-c4cnn(PI)c4)cc3)c3sccc3n2)c1. The van der Waals surface area contributed by atoms with Crippen molar-refractivity contribution in [3.63, 3.8) is 0 Å². The maximum absolute atomic E-state index is 12.1. The molecule has 2 aromatic carbocycles. The van der Waals surface area contributed by atoms with E-state index >= 15 is 0 Å². The van der Waals surface area contributed by atoms with Crippen LogP contribution in [0, 0.1) is 0 Å². The highest BCUT2D eigenvalue weighted by Crippen LogP contribution is 2.33. The number of nitrogens with one attached hydrogen (secondary N) is 1. The molecule has 0 saturated heterocycles. The number of ether oxygens (including phenoxy) is 2. The van der Waals surface area contributed by atoms with Crippen LogP contribution in [0.5, 0.6) is 5.75 Å². The summed E-state index contributed by atoms with van der Waals surface area (Å²) < 4.78 is 13.9. The minimum Gasteiger partial charge on any atom is -0.482 e. The Morgan fingerprint density at radius 3 is 2.63 bits per heavy atom. The number of fused-ring (bicyclic) bond motifs is 1. The second kappa shape index (κ2) is 11.3. The first kappa shape index (κ1) is 26.5. The van der Waals surface area contributed by atoms with Gasteiger partial charge in [0.1, 0.15) is 11.4 Å². The Morgan fingerprint density at radius 1 is 1.08 bits per heavy atom. The van der Waals surface area contributed by atoms with E-state index in [-0.39, 0.29) is 6.61 Å². The molecule has 11 heteroatoms. The standard InChI is InChI=1S/C27H25IN5O3PS/c1-27(2,3)36-23(34)16-35-21-6-4-5-18(13-21)25-31-22-11-12-38-24(22)26(32-25)30-20-9-7-17(8-10-20)19-14-29-33(15-19)37-28/h4-15,37H,16H2,1-3H3,(H,30,31,32). The van der Waals surface area contributed by atoms with Crippen molar-refractivity contribution in [1.82, 2.24) is 19.5 Å². The minimum atomic E-state index is -0.561. The van der Waals surface area contributed by atoms with E-state index in [9.17, 15) is 4.79 Å². The van der Waals surface area contributed by atoms with Gasteiger partial charge in [-0.05, 0) is 84.1 Å². The summed E-state index contributed by atoms with van der Waals surface area (Å²) in [5, 5.41) is 9.83. The van der Waals surface area contributed by atoms with Crippen LogP contribution in [0.2, 0.25) is 0 Å².